The highest BCUT2D eigenvalue weighted by atomic mass is 31.2. The van der Waals surface area contributed by atoms with Crippen LogP contribution in [0, 0.1) is 5.92 Å². The highest BCUT2D eigenvalue weighted by Crippen LogP contribution is 2.63. The third kappa shape index (κ3) is 1.41. The van der Waals surface area contributed by atoms with Crippen molar-refractivity contribution >= 4 is 7.72 Å². The van der Waals surface area contributed by atoms with E-state index in [-0.39, 0.29) is 24.8 Å². The molecule has 0 spiro atoms. The molecular weight excluding hydrogens is 191 g/mol. The van der Waals surface area contributed by atoms with Crippen LogP contribution in [-0.2, 0) is 18.5 Å². The lowest BCUT2D eigenvalue weighted by atomic mass is 10.0. The van der Waals surface area contributed by atoms with E-state index >= 15 is 0 Å². The highest BCUT2D eigenvalue weighted by molar-refractivity contribution is 7.65. The Labute approximate surface area is 78.0 Å². The van der Waals surface area contributed by atoms with Gasteiger partial charge in [-0.1, -0.05) is 6.92 Å². The molecule has 0 saturated carbocycles. The van der Waals surface area contributed by atoms with Gasteiger partial charge in [0, 0.05) is 5.92 Å². The van der Waals surface area contributed by atoms with Crippen molar-refractivity contribution in [1.29, 1.82) is 0 Å². The van der Waals surface area contributed by atoms with Gasteiger partial charge in [0.1, 0.15) is 25.5 Å². The SMILES string of the molecule is CC1C2OC2O[P+](C)(C)OC2OC21. The molecule has 4 unspecified atom stereocenters. The Kier molecular flexibility index (Phi) is 1.61. The van der Waals surface area contributed by atoms with Gasteiger partial charge in [0.15, 0.2) is 0 Å². The zero-order valence-corrected chi connectivity index (χ0v) is 8.86. The Bertz CT molecular complexity index is 222. The molecule has 0 bridgehead atoms. The molecular formula is C8H14O4P+. The van der Waals surface area contributed by atoms with Crippen LogP contribution >= 0.6 is 7.72 Å². The molecule has 0 aromatic carbocycles. The van der Waals surface area contributed by atoms with Crippen molar-refractivity contribution in [3.8, 4) is 0 Å². The van der Waals surface area contributed by atoms with E-state index < -0.39 is 7.72 Å². The van der Waals surface area contributed by atoms with Gasteiger partial charge in [-0.15, -0.1) is 0 Å². The molecule has 3 saturated heterocycles. The molecule has 0 radical (unpaired) electrons. The van der Waals surface area contributed by atoms with Gasteiger partial charge in [0.05, 0.1) is 0 Å². The van der Waals surface area contributed by atoms with E-state index in [2.05, 4.69) is 6.92 Å². The second-order valence-electron chi connectivity index (χ2n) is 4.26. The summed E-state index contributed by atoms with van der Waals surface area (Å²) < 4.78 is 22.3. The van der Waals surface area contributed by atoms with Crippen molar-refractivity contribution < 1.29 is 18.5 Å². The minimum absolute atomic E-state index is 0.0384. The highest BCUT2D eigenvalue weighted by Gasteiger charge is 2.64. The maximum absolute atomic E-state index is 5.71. The summed E-state index contributed by atoms with van der Waals surface area (Å²) >= 11 is 0. The molecule has 4 nitrogen and oxygen atoms in total. The third-order valence-electron chi connectivity index (χ3n) is 2.72. The summed E-state index contributed by atoms with van der Waals surface area (Å²) in [5.41, 5.74) is 0. The summed E-state index contributed by atoms with van der Waals surface area (Å²) in [7, 11) is -1.71. The van der Waals surface area contributed by atoms with Gasteiger partial charge in [-0.2, -0.15) is 9.05 Å². The van der Waals surface area contributed by atoms with Crippen molar-refractivity contribution in [1.82, 2.24) is 0 Å². The van der Waals surface area contributed by atoms with Gasteiger partial charge in [0.2, 0.25) is 12.6 Å². The number of hydrogen-bond donors (Lipinski definition) is 0. The minimum atomic E-state index is -1.71. The number of epoxide rings is 2. The van der Waals surface area contributed by atoms with Crippen LogP contribution in [0.2, 0.25) is 0 Å². The predicted octanol–water partition coefficient (Wildman–Crippen LogP) is 1.23. The average Bonchev–Trinajstić information content (AvgIpc) is 2.83. The Morgan fingerprint density at radius 3 is 1.85 bits per heavy atom. The lowest BCUT2D eigenvalue weighted by molar-refractivity contribution is 0.120. The molecule has 3 heterocycles. The lowest BCUT2D eigenvalue weighted by Crippen LogP contribution is -2.21. The quantitative estimate of drug-likeness (QED) is 0.440. The predicted molar refractivity (Wildman–Crippen MR) is 47.4 cm³/mol. The van der Waals surface area contributed by atoms with E-state index in [4.69, 9.17) is 18.5 Å². The van der Waals surface area contributed by atoms with Crippen molar-refractivity contribution in [2.75, 3.05) is 13.3 Å². The van der Waals surface area contributed by atoms with Crippen molar-refractivity contribution in [3.05, 3.63) is 0 Å². The van der Waals surface area contributed by atoms with E-state index in [0.717, 1.165) is 0 Å². The molecule has 0 amide bonds. The van der Waals surface area contributed by atoms with Gasteiger partial charge in [0.25, 0.3) is 7.72 Å². The van der Waals surface area contributed by atoms with Crippen LogP contribution in [-0.4, -0.2) is 38.1 Å². The van der Waals surface area contributed by atoms with E-state index in [1.54, 1.807) is 0 Å². The normalized spacial score (nSPS) is 57.0. The minimum Gasteiger partial charge on any atom is -0.337 e. The van der Waals surface area contributed by atoms with E-state index in [1.165, 1.54) is 0 Å². The number of ether oxygens (including phenoxy) is 2. The Balaban J connectivity index is 1.79. The topological polar surface area (TPSA) is 43.5 Å². The van der Waals surface area contributed by atoms with Gasteiger partial charge in [-0.25, -0.2) is 0 Å². The molecule has 3 fully saturated rings. The number of fused-ring (bicyclic) bond motifs is 2. The Morgan fingerprint density at radius 1 is 0.923 bits per heavy atom. The van der Waals surface area contributed by atoms with Gasteiger partial charge >= 0.3 is 0 Å². The third-order valence-corrected chi connectivity index (χ3v) is 4.15. The van der Waals surface area contributed by atoms with Crippen LogP contribution in [0.3, 0.4) is 0 Å². The molecule has 3 aliphatic heterocycles. The molecule has 3 rings (SSSR count). The zero-order chi connectivity index (χ0) is 9.22. The van der Waals surface area contributed by atoms with Crippen molar-refractivity contribution in [3.63, 3.8) is 0 Å². The first-order chi connectivity index (χ1) is 6.07. The lowest BCUT2D eigenvalue weighted by Gasteiger charge is -2.15. The van der Waals surface area contributed by atoms with Crippen LogP contribution in [0.25, 0.3) is 0 Å². The van der Waals surface area contributed by atoms with E-state index in [0.29, 0.717) is 5.92 Å². The van der Waals surface area contributed by atoms with Gasteiger partial charge < -0.3 is 9.47 Å². The fourth-order valence-electron chi connectivity index (χ4n) is 1.84. The number of rotatable bonds is 0. The summed E-state index contributed by atoms with van der Waals surface area (Å²) in [4.78, 5) is 0. The molecule has 4 atom stereocenters. The Morgan fingerprint density at radius 2 is 1.38 bits per heavy atom. The van der Waals surface area contributed by atoms with Gasteiger partial charge in [-0.05, 0) is 0 Å². The fraction of sp³-hybridized carbons (Fsp3) is 1.00. The van der Waals surface area contributed by atoms with Crippen LogP contribution in [0.1, 0.15) is 6.92 Å². The van der Waals surface area contributed by atoms with Crippen molar-refractivity contribution in [2.24, 2.45) is 5.92 Å². The second-order valence-corrected chi connectivity index (χ2v) is 7.19. The smallest absolute Gasteiger partial charge is 0.277 e. The number of hydrogen-bond acceptors (Lipinski definition) is 4. The maximum Gasteiger partial charge on any atom is 0.277 e. The van der Waals surface area contributed by atoms with Crippen LogP contribution in [0.5, 0.6) is 0 Å². The molecule has 3 aliphatic rings. The summed E-state index contributed by atoms with van der Waals surface area (Å²) in [5, 5.41) is 0. The molecule has 0 aromatic heterocycles. The first-order valence-electron chi connectivity index (χ1n) is 4.58. The van der Waals surface area contributed by atoms with Crippen LogP contribution in [0.4, 0.5) is 0 Å². The monoisotopic (exact) mass is 205 g/mol. The fourth-order valence-corrected chi connectivity index (χ4v) is 3.23. The zero-order valence-electron chi connectivity index (χ0n) is 7.97. The molecule has 0 aromatic rings. The first kappa shape index (κ1) is 8.57. The maximum atomic E-state index is 5.71. The van der Waals surface area contributed by atoms with Crippen LogP contribution in [0.15, 0.2) is 0 Å². The summed E-state index contributed by atoms with van der Waals surface area (Å²) in [6, 6.07) is 0. The molecule has 5 heteroatoms. The molecule has 74 valence electrons. The summed E-state index contributed by atoms with van der Waals surface area (Å²) in [6.07, 6.45) is 0.392. The standard InChI is InChI=1S/C8H14O4P/c1-4-5-7(9-5)11-13(2,3)12-8-6(4)10-8/h4-8H,1-3H3/q+1. The second kappa shape index (κ2) is 2.44. The average molecular weight is 205 g/mol. The molecule has 0 aliphatic carbocycles. The Hall–Kier alpha value is 0.270. The first-order valence-corrected chi connectivity index (χ1v) is 7.10. The van der Waals surface area contributed by atoms with Crippen molar-refractivity contribution in [2.45, 2.75) is 31.7 Å². The van der Waals surface area contributed by atoms with E-state index in [1.807, 2.05) is 13.3 Å². The molecule has 0 N–H and O–H groups in total. The summed E-state index contributed by atoms with van der Waals surface area (Å²) in [6.45, 7) is 6.12. The van der Waals surface area contributed by atoms with E-state index in [9.17, 15) is 0 Å². The molecule has 13 heavy (non-hydrogen) atoms. The van der Waals surface area contributed by atoms with Gasteiger partial charge in [-0.3, -0.25) is 0 Å². The summed E-state index contributed by atoms with van der Waals surface area (Å²) in [5.74, 6) is 0.398. The largest absolute Gasteiger partial charge is 0.337 e. The van der Waals surface area contributed by atoms with Crippen LogP contribution < -0.4 is 0 Å².